The van der Waals surface area contributed by atoms with E-state index in [4.69, 9.17) is 4.74 Å². The number of carbonyl (C=O) groups is 1. The van der Waals surface area contributed by atoms with E-state index in [1.807, 2.05) is 17.5 Å². The normalized spacial score (nSPS) is 11.2. The molecule has 7 nitrogen and oxygen atoms in total. The van der Waals surface area contributed by atoms with E-state index in [1.165, 1.54) is 24.5 Å². The Kier molecular flexibility index (Phi) is 5.49. The van der Waals surface area contributed by atoms with Gasteiger partial charge in [0.25, 0.3) is 5.91 Å². The summed E-state index contributed by atoms with van der Waals surface area (Å²) in [5, 5.41) is 5.53. The second kappa shape index (κ2) is 7.67. The average Bonchev–Trinajstić information content (AvgIpc) is 3.23. The van der Waals surface area contributed by atoms with Crippen molar-refractivity contribution in [3.05, 3.63) is 46.3 Å². The molecule has 0 fully saturated rings. The van der Waals surface area contributed by atoms with Crippen molar-refractivity contribution in [2.75, 3.05) is 23.4 Å². The minimum Gasteiger partial charge on any atom is -0.495 e. The van der Waals surface area contributed by atoms with Gasteiger partial charge in [0.1, 0.15) is 15.6 Å². The summed E-state index contributed by atoms with van der Waals surface area (Å²) in [6.07, 6.45) is 1.05. The van der Waals surface area contributed by atoms with Crippen LogP contribution in [0.25, 0.3) is 9.88 Å². The van der Waals surface area contributed by atoms with Crippen LogP contribution in [-0.4, -0.2) is 32.7 Å². The molecule has 10 heteroatoms. The predicted molar refractivity (Wildman–Crippen MR) is 110 cm³/mol. The third kappa shape index (κ3) is 4.65. The molecule has 0 spiro atoms. The zero-order valence-electron chi connectivity index (χ0n) is 14.8. The molecule has 0 unspecified atom stereocenters. The first-order valence-corrected chi connectivity index (χ1v) is 11.3. The SMILES string of the molecule is COc1ccc(NC(=O)c2sc(-c3cccs3)nc2C)cc1NS(C)(=O)=O. The fourth-order valence-corrected chi connectivity index (χ4v) is 4.68. The van der Waals surface area contributed by atoms with Gasteiger partial charge in [-0.25, -0.2) is 13.4 Å². The molecule has 0 saturated carbocycles. The largest absolute Gasteiger partial charge is 0.495 e. The third-order valence-corrected chi connectivity index (χ3v) is 6.27. The summed E-state index contributed by atoms with van der Waals surface area (Å²) in [7, 11) is -2.05. The number of anilines is 2. The zero-order valence-corrected chi connectivity index (χ0v) is 17.2. The molecule has 2 heterocycles. The van der Waals surface area contributed by atoms with Crippen LogP contribution < -0.4 is 14.8 Å². The Morgan fingerprint density at radius 3 is 2.67 bits per heavy atom. The van der Waals surface area contributed by atoms with Crippen LogP contribution >= 0.6 is 22.7 Å². The number of nitrogens with zero attached hydrogens (tertiary/aromatic N) is 1. The van der Waals surface area contributed by atoms with Crippen LogP contribution in [0.4, 0.5) is 11.4 Å². The molecule has 3 rings (SSSR count). The first-order valence-electron chi connectivity index (χ1n) is 7.75. The number of ether oxygens (including phenoxy) is 1. The first kappa shape index (κ1) is 19.3. The molecule has 0 aliphatic rings. The highest BCUT2D eigenvalue weighted by Gasteiger charge is 2.18. The van der Waals surface area contributed by atoms with E-state index >= 15 is 0 Å². The number of sulfonamides is 1. The zero-order chi connectivity index (χ0) is 19.6. The smallest absolute Gasteiger partial charge is 0.267 e. The van der Waals surface area contributed by atoms with Crippen LogP contribution in [0.1, 0.15) is 15.4 Å². The summed E-state index contributed by atoms with van der Waals surface area (Å²) >= 11 is 2.88. The van der Waals surface area contributed by atoms with Crippen molar-refractivity contribution in [2.45, 2.75) is 6.92 Å². The van der Waals surface area contributed by atoms with E-state index in [1.54, 1.807) is 30.4 Å². The van der Waals surface area contributed by atoms with E-state index in [0.717, 1.165) is 16.1 Å². The molecule has 3 aromatic rings. The highest BCUT2D eigenvalue weighted by Crippen LogP contribution is 2.32. The van der Waals surface area contributed by atoms with E-state index in [9.17, 15) is 13.2 Å². The summed E-state index contributed by atoms with van der Waals surface area (Å²) in [5.74, 6) is 0.0515. The lowest BCUT2D eigenvalue weighted by molar-refractivity contribution is 0.103. The summed E-state index contributed by atoms with van der Waals surface area (Å²) < 4.78 is 30.6. The lowest BCUT2D eigenvalue weighted by Gasteiger charge is -2.12. The van der Waals surface area contributed by atoms with Gasteiger partial charge in [0.15, 0.2) is 0 Å². The van der Waals surface area contributed by atoms with Crippen molar-refractivity contribution in [3.8, 4) is 15.6 Å². The van der Waals surface area contributed by atoms with Crippen LogP contribution in [-0.2, 0) is 10.0 Å². The van der Waals surface area contributed by atoms with Crippen LogP contribution in [0.15, 0.2) is 35.7 Å². The first-order chi connectivity index (χ1) is 12.8. The third-order valence-electron chi connectivity index (χ3n) is 3.49. The van der Waals surface area contributed by atoms with Crippen LogP contribution in [0.5, 0.6) is 5.75 Å². The number of thiophene rings is 1. The Balaban J connectivity index is 1.85. The number of amides is 1. The van der Waals surface area contributed by atoms with Gasteiger partial charge < -0.3 is 10.1 Å². The molecule has 0 aliphatic heterocycles. The highest BCUT2D eigenvalue weighted by molar-refractivity contribution is 7.92. The molecule has 1 amide bonds. The number of hydrogen-bond acceptors (Lipinski definition) is 7. The number of thiazole rings is 1. The Morgan fingerprint density at radius 2 is 2.04 bits per heavy atom. The minimum atomic E-state index is -3.49. The van der Waals surface area contributed by atoms with Gasteiger partial charge in [-0.15, -0.1) is 22.7 Å². The molecule has 2 N–H and O–H groups in total. The number of benzene rings is 1. The number of aryl methyl sites for hydroxylation is 1. The van der Waals surface area contributed by atoms with Crippen molar-refractivity contribution < 1.29 is 17.9 Å². The lowest BCUT2D eigenvalue weighted by atomic mass is 10.2. The lowest BCUT2D eigenvalue weighted by Crippen LogP contribution is -2.13. The fraction of sp³-hybridized carbons (Fsp3) is 0.176. The van der Waals surface area contributed by atoms with Gasteiger partial charge in [0.05, 0.1) is 29.6 Å². The van der Waals surface area contributed by atoms with Crippen molar-refractivity contribution in [2.24, 2.45) is 0 Å². The van der Waals surface area contributed by atoms with Crippen LogP contribution in [0.2, 0.25) is 0 Å². The molecule has 27 heavy (non-hydrogen) atoms. The maximum absolute atomic E-state index is 12.7. The van der Waals surface area contributed by atoms with Crippen molar-refractivity contribution in [3.63, 3.8) is 0 Å². The number of rotatable bonds is 6. The number of carbonyl (C=O) groups excluding carboxylic acids is 1. The van der Waals surface area contributed by atoms with Crippen LogP contribution in [0.3, 0.4) is 0 Å². The van der Waals surface area contributed by atoms with Crippen molar-refractivity contribution in [1.82, 2.24) is 4.98 Å². The highest BCUT2D eigenvalue weighted by atomic mass is 32.2. The Morgan fingerprint density at radius 1 is 1.26 bits per heavy atom. The molecular weight excluding hydrogens is 406 g/mol. The molecule has 1 aromatic carbocycles. The van der Waals surface area contributed by atoms with Gasteiger partial charge in [-0.1, -0.05) is 6.07 Å². The molecule has 0 aliphatic carbocycles. The Bertz CT molecular complexity index is 1070. The standard InChI is InChI=1S/C17H17N3O4S3/c1-10-15(26-17(18-10)14-5-4-8-25-14)16(21)19-11-6-7-13(24-2)12(9-11)20-27(3,22)23/h4-9,20H,1-3H3,(H,19,21). The van der Waals surface area contributed by atoms with Gasteiger partial charge in [-0.05, 0) is 36.6 Å². The molecule has 0 radical (unpaired) electrons. The fourth-order valence-electron chi connectivity index (χ4n) is 2.37. The topological polar surface area (TPSA) is 97.4 Å². The summed E-state index contributed by atoms with van der Waals surface area (Å²) in [6, 6.07) is 8.62. The monoisotopic (exact) mass is 423 g/mol. The quantitative estimate of drug-likeness (QED) is 0.628. The molecule has 2 aromatic heterocycles. The van der Waals surface area contributed by atoms with Crippen molar-refractivity contribution >= 4 is 50.0 Å². The van der Waals surface area contributed by atoms with Gasteiger partial charge in [-0.3, -0.25) is 9.52 Å². The summed E-state index contributed by atoms with van der Waals surface area (Å²) in [5.41, 5.74) is 1.33. The number of hydrogen-bond donors (Lipinski definition) is 2. The van der Waals surface area contributed by atoms with E-state index < -0.39 is 10.0 Å². The van der Waals surface area contributed by atoms with Gasteiger partial charge in [0.2, 0.25) is 10.0 Å². The van der Waals surface area contributed by atoms with E-state index in [2.05, 4.69) is 15.0 Å². The molecule has 0 atom stereocenters. The average molecular weight is 424 g/mol. The van der Waals surface area contributed by atoms with Crippen molar-refractivity contribution in [1.29, 1.82) is 0 Å². The van der Waals surface area contributed by atoms with Gasteiger partial charge in [-0.2, -0.15) is 0 Å². The molecule has 0 saturated heterocycles. The Hall–Kier alpha value is -2.43. The molecule has 142 valence electrons. The maximum Gasteiger partial charge on any atom is 0.267 e. The maximum atomic E-state index is 12.7. The second-order valence-electron chi connectivity index (χ2n) is 5.65. The Labute approximate surface area is 165 Å². The summed E-state index contributed by atoms with van der Waals surface area (Å²) in [6.45, 7) is 1.78. The van der Waals surface area contributed by atoms with E-state index in [-0.39, 0.29) is 11.6 Å². The minimum absolute atomic E-state index is 0.248. The number of aromatic nitrogens is 1. The number of nitrogens with one attached hydrogen (secondary N) is 2. The molecular formula is C17H17N3O4S3. The van der Waals surface area contributed by atoms with Gasteiger partial charge in [0, 0.05) is 5.69 Å². The second-order valence-corrected chi connectivity index (χ2v) is 9.35. The van der Waals surface area contributed by atoms with Crippen LogP contribution in [0, 0.1) is 6.92 Å². The van der Waals surface area contributed by atoms with Gasteiger partial charge >= 0.3 is 0 Å². The molecule has 0 bridgehead atoms. The summed E-state index contributed by atoms with van der Waals surface area (Å²) in [4.78, 5) is 18.6. The van der Waals surface area contributed by atoms with E-state index in [0.29, 0.717) is 22.0 Å². The predicted octanol–water partition coefficient (Wildman–Crippen LogP) is 3.81. The number of methoxy groups -OCH3 is 1.